The van der Waals surface area contributed by atoms with Gasteiger partial charge in [-0.25, -0.2) is 0 Å². The molecule has 0 N–H and O–H groups in total. The minimum absolute atomic E-state index is 1.14. The highest BCUT2D eigenvalue weighted by molar-refractivity contribution is 6.35. The topological polar surface area (TPSA) is 0 Å². The molecule has 0 aliphatic rings. The normalized spacial score (nSPS) is 12.8. The van der Waals surface area contributed by atoms with E-state index in [1.807, 2.05) is 0 Å². The highest BCUT2D eigenvalue weighted by atomic mass is 14.3. The van der Waals surface area contributed by atoms with E-state index < -0.39 is 0 Å². The summed E-state index contributed by atoms with van der Waals surface area (Å²) in [6.45, 7) is 17.4. The van der Waals surface area contributed by atoms with Crippen molar-refractivity contribution in [1.29, 1.82) is 0 Å². The fourth-order valence-electron chi connectivity index (χ4n) is 8.30. The van der Waals surface area contributed by atoms with E-state index in [0.717, 1.165) is 77.9 Å². The standard InChI is InChI=1S/C64H58/c1-43-9-25-51(26-10-43)41-59(53-29-13-45(3)14-30-53)61(55-33-17-47(5)18-34-55)63(57-37-21-49(7)22-38-57)64(58-39-23-50(8)24-40-58)62(56-35-19-48(6)20-36-56)60(54-31-15-46(4)16-32-54)42-52-27-11-44(2)12-28-52/h9-42H,1-8H3/b59-41+,60-42+,63-61-,64-62+. The van der Waals surface area contributed by atoms with Gasteiger partial charge in [-0.05, 0) is 145 Å². The first-order valence-corrected chi connectivity index (χ1v) is 22.5. The Bertz CT molecular complexity index is 2770. The van der Waals surface area contributed by atoms with Gasteiger partial charge in [0.2, 0.25) is 0 Å². The lowest BCUT2D eigenvalue weighted by atomic mass is 9.75. The van der Waals surface area contributed by atoms with E-state index >= 15 is 0 Å². The Hall–Kier alpha value is -7.28. The van der Waals surface area contributed by atoms with Gasteiger partial charge in [-0.15, -0.1) is 0 Å². The molecule has 0 saturated carbocycles. The molecule has 8 aromatic carbocycles. The van der Waals surface area contributed by atoms with Crippen LogP contribution in [0.3, 0.4) is 0 Å². The van der Waals surface area contributed by atoms with E-state index in [0.29, 0.717) is 0 Å². The maximum atomic E-state index is 2.40. The molecule has 0 atom stereocenters. The molecule has 0 amide bonds. The van der Waals surface area contributed by atoms with Crippen LogP contribution in [0.4, 0.5) is 0 Å². The largest absolute Gasteiger partial charge is 0.0587 e. The molecule has 0 spiro atoms. The first-order valence-electron chi connectivity index (χ1n) is 22.5. The van der Waals surface area contributed by atoms with Gasteiger partial charge in [-0.1, -0.05) is 239 Å². The Kier molecular flexibility index (Phi) is 13.2. The summed E-state index contributed by atoms with van der Waals surface area (Å²) in [6, 6.07) is 72.6. The third-order valence-electron chi connectivity index (χ3n) is 12.2. The average Bonchev–Trinajstić information content (AvgIpc) is 3.30. The maximum Gasteiger partial charge on any atom is -0.00141 e. The molecule has 0 unspecified atom stereocenters. The molecule has 0 saturated heterocycles. The van der Waals surface area contributed by atoms with Gasteiger partial charge in [0.1, 0.15) is 0 Å². The summed E-state index contributed by atoms with van der Waals surface area (Å²) in [4.78, 5) is 0. The number of aryl methyl sites for hydroxylation is 8. The predicted octanol–water partition coefficient (Wildman–Crippen LogP) is 17.2. The predicted molar refractivity (Wildman–Crippen MR) is 279 cm³/mol. The summed E-state index contributed by atoms with van der Waals surface area (Å²) in [7, 11) is 0. The third kappa shape index (κ3) is 10.2. The van der Waals surface area contributed by atoms with Crippen LogP contribution in [0.2, 0.25) is 0 Å². The monoisotopic (exact) mass is 826 g/mol. The van der Waals surface area contributed by atoms with Crippen molar-refractivity contribution < 1.29 is 0 Å². The summed E-state index contributed by atoms with van der Waals surface area (Å²) in [5.41, 5.74) is 25.9. The van der Waals surface area contributed by atoms with Crippen LogP contribution in [0.1, 0.15) is 89.0 Å². The minimum Gasteiger partial charge on any atom is -0.0587 e. The van der Waals surface area contributed by atoms with Crippen LogP contribution in [-0.2, 0) is 0 Å². The lowest BCUT2D eigenvalue weighted by Gasteiger charge is -2.27. The van der Waals surface area contributed by atoms with Gasteiger partial charge in [0, 0.05) is 0 Å². The van der Waals surface area contributed by atoms with E-state index in [2.05, 4.69) is 262 Å². The molecule has 0 radical (unpaired) electrons. The summed E-state index contributed by atoms with van der Waals surface area (Å²) in [5.74, 6) is 0. The fourth-order valence-corrected chi connectivity index (χ4v) is 8.30. The quantitative estimate of drug-likeness (QED) is 0.0900. The molecule has 8 rings (SSSR count). The molecule has 0 heteroatoms. The smallest absolute Gasteiger partial charge is 0.00141 e. The van der Waals surface area contributed by atoms with Crippen LogP contribution in [0, 0.1) is 55.4 Å². The number of benzene rings is 8. The van der Waals surface area contributed by atoms with Gasteiger partial charge in [0.05, 0.1) is 0 Å². The Morgan fingerprint density at radius 3 is 0.594 bits per heavy atom. The second-order valence-corrected chi connectivity index (χ2v) is 17.6. The van der Waals surface area contributed by atoms with Crippen LogP contribution >= 0.6 is 0 Å². The molecule has 64 heavy (non-hydrogen) atoms. The van der Waals surface area contributed by atoms with Crippen molar-refractivity contribution in [1.82, 2.24) is 0 Å². The third-order valence-corrected chi connectivity index (χ3v) is 12.2. The van der Waals surface area contributed by atoms with E-state index in [1.165, 1.54) is 44.5 Å². The average molecular weight is 827 g/mol. The van der Waals surface area contributed by atoms with Gasteiger partial charge in [0.25, 0.3) is 0 Å². The zero-order valence-electron chi connectivity index (χ0n) is 38.6. The Morgan fingerprint density at radius 1 is 0.203 bits per heavy atom. The van der Waals surface area contributed by atoms with Gasteiger partial charge in [-0.3, -0.25) is 0 Å². The second-order valence-electron chi connectivity index (χ2n) is 17.6. The Balaban J connectivity index is 1.67. The van der Waals surface area contributed by atoms with E-state index in [4.69, 9.17) is 0 Å². The second kappa shape index (κ2) is 19.4. The van der Waals surface area contributed by atoms with Crippen LogP contribution in [0.15, 0.2) is 194 Å². The van der Waals surface area contributed by atoms with Gasteiger partial charge in [-0.2, -0.15) is 0 Å². The summed E-state index contributed by atoms with van der Waals surface area (Å²) in [5, 5.41) is 0. The number of hydrogen-bond acceptors (Lipinski definition) is 0. The molecule has 0 aliphatic carbocycles. The first kappa shape index (κ1) is 43.4. The van der Waals surface area contributed by atoms with Crippen LogP contribution in [0.25, 0.3) is 45.6 Å². The molecule has 314 valence electrons. The minimum atomic E-state index is 1.14. The van der Waals surface area contributed by atoms with E-state index in [9.17, 15) is 0 Å². The Morgan fingerprint density at radius 2 is 0.375 bits per heavy atom. The highest BCUT2D eigenvalue weighted by Gasteiger charge is 2.27. The lowest BCUT2D eigenvalue weighted by molar-refractivity contribution is 1.43. The molecule has 0 heterocycles. The summed E-state index contributed by atoms with van der Waals surface area (Å²) >= 11 is 0. The Labute approximate surface area is 382 Å². The van der Waals surface area contributed by atoms with Crippen molar-refractivity contribution >= 4 is 45.6 Å². The molecular weight excluding hydrogens is 769 g/mol. The summed E-state index contributed by atoms with van der Waals surface area (Å²) < 4.78 is 0. The fraction of sp³-hybridized carbons (Fsp3) is 0.125. The number of rotatable bonds is 11. The van der Waals surface area contributed by atoms with Gasteiger partial charge in [0.15, 0.2) is 0 Å². The molecule has 0 nitrogen and oxygen atoms in total. The van der Waals surface area contributed by atoms with Crippen molar-refractivity contribution in [2.24, 2.45) is 0 Å². The molecular formula is C64H58. The first-order chi connectivity index (χ1) is 31.0. The van der Waals surface area contributed by atoms with E-state index in [1.54, 1.807) is 0 Å². The van der Waals surface area contributed by atoms with E-state index in [-0.39, 0.29) is 0 Å². The van der Waals surface area contributed by atoms with Crippen molar-refractivity contribution in [2.45, 2.75) is 55.4 Å². The molecule has 0 bridgehead atoms. The summed E-state index contributed by atoms with van der Waals surface area (Å²) in [6.07, 6.45) is 4.80. The molecule has 8 aromatic rings. The van der Waals surface area contributed by atoms with Crippen molar-refractivity contribution in [3.05, 3.63) is 283 Å². The molecule has 0 fully saturated rings. The van der Waals surface area contributed by atoms with Crippen LogP contribution < -0.4 is 0 Å². The van der Waals surface area contributed by atoms with Crippen LogP contribution in [0.5, 0.6) is 0 Å². The van der Waals surface area contributed by atoms with Crippen molar-refractivity contribution in [3.8, 4) is 0 Å². The van der Waals surface area contributed by atoms with Gasteiger partial charge >= 0.3 is 0 Å². The number of hydrogen-bond donors (Lipinski definition) is 0. The highest BCUT2D eigenvalue weighted by Crippen LogP contribution is 2.50. The van der Waals surface area contributed by atoms with Crippen LogP contribution in [-0.4, -0.2) is 0 Å². The molecule has 0 aromatic heterocycles. The SMILES string of the molecule is Cc1ccc(/C=C(/C(=C(\C(=C(\C(=C\c2ccc(C)cc2)c2ccc(C)cc2)c2ccc(C)cc2)c2ccc(C)cc2)c2ccc(C)cc2)c2ccc(C)cc2)c2ccc(C)cc2)cc1. The zero-order valence-corrected chi connectivity index (χ0v) is 38.6. The maximum absolute atomic E-state index is 2.40. The van der Waals surface area contributed by atoms with Gasteiger partial charge < -0.3 is 0 Å². The molecule has 0 aliphatic heterocycles. The van der Waals surface area contributed by atoms with Crippen molar-refractivity contribution in [3.63, 3.8) is 0 Å². The number of allylic oxidation sites excluding steroid dienone is 6. The zero-order chi connectivity index (χ0) is 44.7. The lowest BCUT2D eigenvalue weighted by Crippen LogP contribution is -2.04. The van der Waals surface area contributed by atoms with Crippen molar-refractivity contribution in [2.75, 3.05) is 0 Å².